The lowest BCUT2D eigenvalue weighted by Gasteiger charge is -2.31. The maximum atomic E-state index is 14.5. The number of aromatic nitrogens is 1. The van der Waals surface area contributed by atoms with Crippen LogP contribution in [0.5, 0.6) is 5.88 Å². The SMILES string of the molecule is CC1CC(C)CC(Oc2nccc(CNC3CC3)c2F)C1. The van der Waals surface area contributed by atoms with Crippen LogP contribution >= 0.6 is 0 Å². The zero-order valence-electron chi connectivity index (χ0n) is 12.9. The minimum atomic E-state index is -0.295. The summed E-state index contributed by atoms with van der Waals surface area (Å²) in [5.74, 6) is 1.16. The second kappa shape index (κ2) is 6.30. The first-order chi connectivity index (χ1) is 10.1. The van der Waals surface area contributed by atoms with E-state index in [-0.39, 0.29) is 17.8 Å². The van der Waals surface area contributed by atoms with Crippen molar-refractivity contribution in [3.63, 3.8) is 0 Å². The largest absolute Gasteiger partial charge is 0.472 e. The Balaban J connectivity index is 1.65. The van der Waals surface area contributed by atoms with E-state index in [4.69, 9.17) is 4.74 Å². The lowest BCUT2D eigenvalue weighted by molar-refractivity contribution is 0.0921. The summed E-state index contributed by atoms with van der Waals surface area (Å²) in [5, 5.41) is 3.34. The highest BCUT2D eigenvalue weighted by Crippen LogP contribution is 2.32. The Kier molecular flexibility index (Phi) is 4.43. The van der Waals surface area contributed by atoms with Crippen LogP contribution < -0.4 is 10.1 Å². The van der Waals surface area contributed by atoms with Crippen LogP contribution in [0.4, 0.5) is 4.39 Å². The van der Waals surface area contributed by atoms with Gasteiger partial charge in [0.1, 0.15) is 6.10 Å². The van der Waals surface area contributed by atoms with Crippen LogP contribution in [0.15, 0.2) is 12.3 Å². The standard InChI is InChI=1S/C17H25FN2O/c1-11-7-12(2)9-15(8-11)21-17-16(18)13(5-6-19-17)10-20-14-3-4-14/h5-6,11-12,14-15,20H,3-4,7-10H2,1-2H3. The molecule has 0 aromatic carbocycles. The van der Waals surface area contributed by atoms with Crippen LogP contribution in [-0.2, 0) is 6.54 Å². The minimum absolute atomic E-state index is 0.0948. The normalized spacial score (nSPS) is 29.4. The van der Waals surface area contributed by atoms with Crippen LogP contribution in [0.3, 0.4) is 0 Å². The molecule has 0 amide bonds. The van der Waals surface area contributed by atoms with Crippen LogP contribution in [0.1, 0.15) is 51.5 Å². The Morgan fingerprint density at radius 2 is 1.95 bits per heavy atom. The molecule has 2 unspecified atom stereocenters. The first-order valence-corrected chi connectivity index (χ1v) is 8.15. The molecule has 3 nitrogen and oxygen atoms in total. The zero-order chi connectivity index (χ0) is 14.8. The number of nitrogens with one attached hydrogen (secondary N) is 1. The lowest BCUT2D eigenvalue weighted by Crippen LogP contribution is -2.29. The maximum absolute atomic E-state index is 14.5. The average Bonchev–Trinajstić information content (AvgIpc) is 3.23. The van der Waals surface area contributed by atoms with Crippen molar-refractivity contribution in [3.05, 3.63) is 23.6 Å². The van der Waals surface area contributed by atoms with Crippen molar-refractivity contribution < 1.29 is 9.13 Å². The van der Waals surface area contributed by atoms with Gasteiger partial charge in [-0.25, -0.2) is 9.37 Å². The molecule has 2 saturated carbocycles. The molecule has 0 saturated heterocycles. The van der Waals surface area contributed by atoms with Crippen molar-refractivity contribution in [2.45, 2.75) is 64.6 Å². The molecular weight excluding hydrogens is 267 g/mol. The molecule has 116 valence electrons. The van der Waals surface area contributed by atoms with Gasteiger partial charge in [0.25, 0.3) is 5.88 Å². The summed E-state index contributed by atoms with van der Waals surface area (Å²) >= 11 is 0. The topological polar surface area (TPSA) is 34.1 Å². The fourth-order valence-electron chi connectivity index (χ4n) is 3.35. The van der Waals surface area contributed by atoms with Crippen molar-refractivity contribution in [2.75, 3.05) is 0 Å². The molecular formula is C17H25FN2O. The first kappa shape index (κ1) is 14.8. The highest BCUT2D eigenvalue weighted by molar-refractivity contribution is 5.24. The van der Waals surface area contributed by atoms with E-state index in [0.29, 0.717) is 30.0 Å². The van der Waals surface area contributed by atoms with Gasteiger partial charge in [-0.1, -0.05) is 13.8 Å². The Bertz CT molecular complexity index is 480. The Morgan fingerprint density at radius 3 is 2.62 bits per heavy atom. The van der Waals surface area contributed by atoms with Gasteiger partial charge < -0.3 is 10.1 Å². The zero-order valence-corrected chi connectivity index (χ0v) is 12.9. The molecule has 1 N–H and O–H groups in total. The number of halogens is 1. The van der Waals surface area contributed by atoms with Crippen LogP contribution in [-0.4, -0.2) is 17.1 Å². The van der Waals surface area contributed by atoms with E-state index in [0.717, 1.165) is 12.8 Å². The number of hydrogen-bond donors (Lipinski definition) is 1. The summed E-state index contributed by atoms with van der Waals surface area (Å²) in [4.78, 5) is 4.10. The smallest absolute Gasteiger partial charge is 0.250 e. The molecule has 2 fully saturated rings. The molecule has 1 aromatic heterocycles. The fraction of sp³-hybridized carbons (Fsp3) is 0.706. The molecule has 0 aliphatic heterocycles. The van der Waals surface area contributed by atoms with Crippen LogP contribution in [0, 0.1) is 17.7 Å². The van der Waals surface area contributed by atoms with E-state index >= 15 is 0 Å². The predicted octanol–water partition coefficient (Wildman–Crippen LogP) is 3.68. The summed E-state index contributed by atoms with van der Waals surface area (Å²) in [5.41, 5.74) is 0.656. The van der Waals surface area contributed by atoms with Crippen molar-refractivity contribution in [1.29, 1.82) is 0 Å². The summed E-state index contributed by atoms with van der Waals surface area (Å²) in [6, 6.07) is 2.31. The van der Waals surface area contributed by atoms with Crippen molar-refractivity contribution in [2.24, 2.45) is 11.8 Å². The first-order valence-electron chi connectivity index (χ1n) is 8.15. The monoisotopic (exact) mass is 292 g/mol. The van der Waals surface area contributed by atoms with E-state index in [1.165, 1.54) is 19.3 Å². The van der Waals surface area contributed by atoms with Gasteiger partial charge in [0.05, 0.1) is 0 Å². The lowest BCUT2D eigenvalue weighted by atomic mass is 9.82. The molecule has 2 aliphatic rings. The quantitative estimate of drug-likeness (QED) is 0.899. The second-order valence-corrected chi connectivity index (χ2v) is 6.90. The molecule has 0 spiro atoms. The van der Waals surface area contributed by atoms with Gasteiger partial charge in [-0.15, -0.1) is 0 Å². The molecule has 2 atom stereocenters. The molecule has 0 bridgehead atoms. The Labute approximate surface area is 126 Å². The van der Waals surface area contributed by atoms with E-state index < -0.39 is 0 Å². The molecule has 2 aliphatic carbocycles. The third-order valence-electron chi connectivity index (χ3n) is 4.51. The minimum Gasteiger partial charge on any atom is -0.472 e. The van der Waals surface area contributed by atoms with E-state index in [1.54, 1.807) is 12.3 Å². The molecule has 4 heteroatoms. The highest BCUT2D eigenvalue weighted by Gasteiger charge is 2.27. The Morgan fingerprint density at radius 1 is 1.24 bits per heavy atom. The van der Waals surface area contributed by atoms with E-state index in [9.17, 15) is 4.39 Å². The molecule has 0 radical (unpaired) electrons. The number of pyridine rings is 1. The molecule has 21 heavy (non-hydrogen) atoms. The summed E-state index contributed by atoms with van der Waals surface area (Å²) in [6.45, 7) is 5.05. The van der Waals surface area contributed by atoms with Crippen molar-refractivity contribution in [3.8, 4) is 5.88 Å². The third kappa shape index (κ3) is 3.94. The van der Waals surface area contributed by atoms with Crippen molar-refractivity contribution in [1.82, 2.24) is 10.3 Å². The number of nitrogens with zero attached hydrogens (tertiary/aromatic N) is 1. The van der Waals surface area contributed by atoms with Gasteiger partial charge in [0.15, 0.2) is 5.82 Å². The van der Waals surface area contributed by atoms with Gasteiger partial charge >= 0.3 is 0 Å². The van der Waals surface area contributed by atoms with Gasteiger partial charge in [-0.05, 0) is 50.0 Å². The van der Waals surface area contributed by atoms with Gasteiger partial charge in [0.2, 0.25) is 0 Å². The number of hydrogen-bond acceptors (Lipinski definition) is 3. The summed E-state index contributed by atoms with van der Waals surface area (Å²) < 4.78 is 20.3. The van der Waals surface area contributed by atoms with Crippen LogP contribution in [0.25, 0.3) is 0 Å². The highest BCUT2D eigenvalue weighted by atomic mass is 19.1. The van der Waals surface area contributed by atoms with Crippen molar-refractivity contribution >= 4 is 0 Å². The second-order valence-electron chi connectivity index (χ2n) is 6.90. The summed E-state index contributed by atoms with van der Waals surface area (Å²) in [7, 11) is 0. The Hall–Kier alpha value is -1.16. The number of rotatable bonds is 5. The van der Waals surface area contributed by atoms with Crippen LogP contribution in [0.2, 0.25) is 0 Å². The number of ether oxygens (including phenoxy) is 1. The average molecular weight is 292 g/mol. The van der Waals surface area contributed by atoms with E-state index in [1.807, 2.05) is 0 Å². The third-order valence-corrected chi connectivity index (χ3v) is 4.51. The van der Waals surface area contributed by atoms with Gasteiger partial charge in [-0.3, -0.25) is 0 Å². The fourth-order valence-corrected chi connectivity index (χ4v) is 3.35. The molecule has 3 rings (SSSR count). The molecule has 1 heterocycles. The maximum Gasteiger partial charge on any atom is 0.250 e. The predicted molar refractivity (Wildman–Crippen MR) is 80.7 cm³/mol. The van der Waals surface area contributed by atoms with E-state index in [2.05, 4.69) is 24.1 Å². The van der Waals surface area contributed by atoms with Gasteiger partial charge in [0, 0.05) is 24.3 Å². The summed E-state index contributed by atoms with van der Waals surface area (Å²) in [6.07, 6.45) is 7.38. The van der Waals surface area contributed by atoms with Gasteiger partial charge in [-0.2, -0.15) is 0 Å². The molecule has 1 aromatic rings.